The Morgan fingerprint density at radius 2 is 0.900 bits per heavy atom. The molecule has 0 spiro atoms. The lowest BCUT2D eigenvalue weighted by atomic mass is 10.1. The van der Waals surface area contributed by atoms with Crippen LogP contribution in [-0.2, 0) is 19.1 Å². The van der Waals surface area contributed by atoms with Crippen molar-refractivity contribution in [2.45, 2.75) is 52.7 Å². The van der Waals surface area contributed by atoms with Gasteiger partial charge in [-0.2, -0.15) is 0 Å². The Hall–Kier alpha value is -3.02. The minimum Gasteiger partial charge on any atom is -0.482 e. The topological polar surface area (TPSA) is 71.1 Å². The largest absolute Gasteiger partial charge is 0.482 e. The monoisotopic (exact) mass is 414 g/mol. The number of rotatable bonds is 7. The Morgan fingerprint density at radius 1 is 0.600 bits per heavy atom. The number of hydrogen-bond donors (Lipinski definition) is 0. The molecule has 30 heavy (non-hydrogen) atoms. The number of benzene rings is 2. The molecule has 2 aromatic rings. The van der Waals surface area contributed by atoms with Gasteiger partial charge in [0.05, 0.1) is 0 Å². The molecule has 0 aromatic heterocycles. The maximum atomic E-state index is 11.7. The molecule has 0 aliphatic rings. The lowest BCUT2D eigenvalue weighted by Gasteiger charge is -2.19. The zero-order valence-electron chi connectivity index (χ0n) is 18.5. The van der Waals surface area contributed by atoms with Crippen LogP contribution in [0.1, 0.15) is 41.5 Å². The molecule has 0 N–H and O–H groups in total. The summed E-state index contributed by atoms with van der Waals surface area (Å²) in [6, 6.07) is 14.8. The minimum atomic E-state index is -0.535. The van der Waals surface area contributed by atoms with Crippen LogP contribution in [0.2, 0.25) is 0 Å². The van der Waals surface area contributed by atoms with Crippen molar-refractivity contribution in [3.63, 3.8) is 0 Å². The van der Waals surface area contributed by atoms with Gasteiger partial charge in [0.1, 0.15) is 22.7 Å². The van der Waals surface area contributed by atoms with Crippen molar-refractivity contribution in [2.24, 2.45) is 0 Å². The van der Waals surface area contributed by atoms with E-state index in [9.17, 15) is 9.59 Å². The Bertz CT molecular complexity index is 766. The second-order valence-corrected chi connectivity index (χ2v) is 8.80. The quantitative estimate of drug-likeness (QED) is 0.607. The van der Waals surface area contributed by atoms with Gasteiger partial charge in [-0.15, -0.1) is 0 Å². The molecule has 0 saturated heterocycles. The first-order valence-electron chi connectivity index (χ1n) is 9.81. The van der Waals surface area contributed by atoms with Crippen molar-refractivity contribution in [3.8, 4) is 22.6 Å². The maximum Gasteiger partial charge on any atom is 0.344 e. The summed E-state index contributed by atoms with van der Waals surface area (Å²) in [7, 11) is 0. The summed E-state index contributed by atoms with van der Waals surface area (Å²) >= 11 is 0. The number of hydrogen-bond acceptors (Lipinski definition) is 6. The van der Waals surface area contributed by atoms with Crippen molar-refractivity contribution in [3.05, 3.63) is 48.5 Å². The standard InChI is InChI=1S/C24H30O6/c1-23(2,3)29-21(25)15-27-19-11-7-17(8-12-19)18-9-13-20(14-10-18)28-16-22(26)30-24(4,5)6/h7-14H,15-16H2,1-6H3. The molecule has 2 rings (SSSR count). The normalized spacial score (nSPS) is 11.5. The van der Waals surface area contributed by atoms with Crippen LogP contribution in [0.4, 0.5) is 0 Å². The fraction of sp³-hybridized carbons (Fsp3) is 0.417. The van der Waals surface area contributed by atoms with E-state index in [1.165, 1.54) is 0 Å². The lowest BCUT2D eigenvalue weighted by Crippen LogP contribution is -2.27. The molecule has 0 fully saturated rings. The molecular weight excluding hydrogens is 384 g/mol. The van der Waals surface area contributed by atoms with E-state index in [1.54, 1.807) is 24.3 Å². The van der Waals surface area contributed by atoms with Crippen LogP contribution >= 0.6 is 0 Å². The molecule has 0 heterocycles. The summed E-state index contributed by atoms with van der Waals surface area (Å²) in [5.74, 6) is 0.353. The molecule has 2 aromatic carbocycles. The summed E-state index contributed by atoms with van der Waals surface area (Å²) in [5.41, 5.74) is 0.900. The van der Waals surface area contributed by atoms with E-state index >= 15 is 0 Å². The van der Waals surface area contributed by atoms with E-state index in [4.69, 9.17) is 18.9 Å². The van der Waals surface area contributed by atoms with E-state index in [1.807, 2.05) is 65.8 Å². The number of carbonyl (C=O) groups is 2. The summed E-state index contributed by atoms with van der Waals surface area (Å²) in [5, 5.41) is 0. The first-order valence-corrected chi connectivity index (χ1v) is 9.81. The van der Waals surface area contributed by atoms with E-state index in [0.717, 1.165) is 11.1 Å². The van der Waals surface area contributed by atoms with Gasteiger partial charge in [0.2, 0.25) is 0 Å². The van der Waals surface area contributed by atoms with Crippen LogP contribution < -0.4 is 9.47 Å². The first kappa shape index (κ1) is 23.3. The van der Waals surface area contributed by atoms with Gasteiger partial charge in [0.15, 0.2) is 13.2 Å². The molecule has 0 aliphatic heterocycles. The highest BCUT2D eigenvalue weighted by atomic mass is 16.6. The van der Waals surface area contributed by atoms with Gasteiger partial charge in [-0.1, -0.05) is 24.3 Å². The van der Waals surface area contributed by atoms with Gasteiger partial charge < -0.3 is 18.9 Å². The fourth-order valence-electron chi connectivity index (χ4n) is 2.51. The van der Waals surface area contributed by atoms with E-state index < -0.39 is 23.1 Å². The third-order valence-electron chi connectivity index (χ3n) is 3.60. The highest BCUT2D eigenvalue weighted by Crippen LogP contribution is 2.25. The van der Waals surface area contributed by atoms with E-state index in [0.29, 0.717) is 11.5 Å². The molecule has 6 heteroatoms. The molecule has 0 aliphatic carbocycles. The lowest BCUT2D eigenvalue weighted by molar-refractivity contribution is -0.158. The predicted molar refractivity (Wildman–Crippen MR) is 115 cm³/mol. The number of carbonyl (C=O) groups excluding carboxylic acids is 2. The molecular formula is C24H30O6. The van der Waals surface area contributed by atoms with Gasteiger partial charge in [0.25, 0.3) is 0 Å². The van der Waals surface area contributed by atoms with E-state index in [2.05, 4.69) is 0 Å². The Kier molecular flexibility index (Phi) is 7.48. The average Bonchev–Trinajstić information content (AvgIpc) is 2.63. The molecule has 0 unspecified atom stereocenters. The van der Waals surface area contributed by atoms with Crippen LogP contribution in [0, 0.1) is 0 Å². The van der Waals surface area contributed by atoms with Crippen LogP contribution in [0.3, 0.4) is 0 Å². The van der Waals surface area contributed by atoms with Gasteiger partial charge in [-0.05, 0) is 76.9 Å². The highest BCUT2D eigenvalue weighted by Gasteiger charge is 2.17. The zero-order chi connectivity index (χ0) is 22.4. The molecule has 162 valence electrons. The smallest absolute Gasteiger partial charge is 0.344 e. The molecule has 0 saturated carbocycles. The minimum absolute atomic E-state index is 0.139. The molecule has 0 amide bonds. The van der Waals surface area contributed by atoms with Crippen molar-refractivity contribution in [2.75, 3.05) is 13.2 Å². The SMILES string of the molecule is CC(C)(C)OC(=O)COc1ccc(-c2ccc(OCC(=O)OC(C)(C)C)cc2)cc1. The van der Waals surface area contributed by atoms with Crippen LogP contribution in [-0.4, -0.2) is 36.4 Å². The van der Waals surface area contributed by atoms with Gasteiger partial charge in [-0.3, -0.25) is 0 Å². The molecule has 0 radical (unpaired) electrons. The summed E-state index contributed by atoms with van der Waals surface area (Å²) < 4.78 is 21.4. The van der Waals surface area contributed by atoms with Crippen LogP contribution in [0.15, 0.2) is 48.5 Å². The predicted octanol–water partition coefficient (Wildman–Crippen LogP) is 4.79. The second kappa shape index (κ2) is 9.65. The Morgan fingerprint density at radius 3 is 1.17 bits per heavy atom. The third-order valence-corrected chi connectivity index (χ3v) is 3.60. The summed E-state index contributed by atoms with van der Waals surface area (Å²) in [6.07, 6.45) is 0. The molecule has 6 nitrogen and oxygen atoms in total. The highest BCUT2D eigenvalue weighted by molar-refractivity contribution is 5.72. The number of ether oxygens (including phenoxy) is 4. The van der Waals surface area contributed by atoms with Gasteiger partial charge in [0, 0.05) is 0 Å². The van der Waals surface area contributed by atoms with Crippen molar-refractivity contribution < 1.29 is 28.5 Å². The van der Waals surface area contributed by atoms with Gasteiger partial charge >= 0.3 is 11.9 Å². The maximum absolute atomic E-state index is 11.7. The van der Waals surface area contributed by atoms with Crippen molar-refractivity contribution in [1.82, 2.24) is 0 Å². The first-order chi connectivity index (χ1) is 13.9. The molecule has 0 bridgehead atoms. The average molecular weight is 414 g/mol. The van der Waals surface area contributed by atoms with Crippen LogP contribution in [0.25, 0.3) is 11.1 Å². The fourth-order valence-corrected chi connectivity index (χ4v) is 2.51. The van der Waals surface area contributed by atoms with Gasteiger partial charge in [-0.25, -0.2) is 9.59 Å². The number of esters is 2. The second-order valence-electron chi connectivity index (χ2n) is 8.80. The summed E-state index contributed by atoms with van der Waals surface area (Å²) in [6.45, 7) is 10.6. The van der Waals surface area contributed by atoms with E-state index in [-0.39, 0.29) is 13.2 Å². The zero-order valence-corrected chi connectivity index (χ0v) is 18.5. The Labute approximate surface area is 178 Å². The Balaban J connectivity index is 1.88. The van der Waals surface area contributed by atoms with Crippen LogP contribution in [0.5, 0.6) is 11.5 Å². The van der Waals surface area contributed by atoms with Crippen molar-refractivity contribution >= 4 is 11.9 Å². The molecule has 0 atom stereocenters. The summed E-state index contributed by atoms with van der Waals surface area (Å²) in [4.78, 5) is 23.5. The van der Waals surface area contributed by atoms with Crippen molar-refractivity contribution in [1.29, 1.82) is 0 Å². The third kappa shape index (κ3) is 8.55.